The first kappa shape index (κ1) is 17.4. The number of anilines is 1. The Balaban J connectivity index is 1.50. The number of Topliss-reactive ketones (excluding diaryl/α,β-unsaturated/α-hetero) is 1. The lowest BCUT2D eigenvalue weighted by molar-refractivity contribution is -0.116. The zero-order valence-corrected chi connectivity index (χ0v) is 14.7. The monoisotopic (exact) mass is 356 g/mol. The molecule has 6 heteroatoms. The van der Waals surface area contributed by atoms with Gasteiger partial charge in [0.25, 0.3) is 5.91 Å². The number of carbonyl (C=O) groups excluding carboxylic acids is 3. The van der Waals surface area contributed by atoms with Gasteiger partial charge in [-0.1, -0.05) is 6.07 Å². The largest absolute Gasteiger partial charge is 0.339 e. The molecule has 0 atom stereocenters. The Morgan fingerprint density at radius 1 is 1.00 bits per heavy atom. The molecule has 0 bridgehead atoms. The molecular weight excluding hydrogens is 336 g/mol. The first-order chi connectivity index (χ1) is 12.1. The van der Waals surface area contributed by atoms with Crippen LogP contribution in [0.3, 0.4) is 0 Å². The van der Waals surface area contributed by atoms with E-state index in [9.17, 15) is 14.4 Å². The fourth-order valence-electron chi connectivity index (χ4n) is 2.81. The van der Waals surface area contributed by atoms with E-state index in [1.165, 1.54) is 11.3 Å². The number of ketones is 1. The van der Waals surface area contributed by atoms with E-state index in [0.717, 1.165) is 25.9 Å². The van der Waals surface area contributed by atoms with Gasteiger partial charge in [-0.2, -0.15) is 0 Å². The van der Waals surface area contributed by atoms with Gasteiger partial charge < -0.3 is 10.2 Å². The van der Waals surface area contributed by atoms with Crippen molar-refractivity contribution in [2.75, 3.05) is 18.4 Å². The summed E-state index contributed by atoms with van der Waals surface area (Å²) in [6, 6.07) is 10.5. The highest BCUT2D eigenvalue weighted by Crippen LogP contribution is 2.16. The lowest BCUT2D eigenvalue weighted by Crippen LogP contribution is -2.27. The van der Waals surface area contributed by atoms with E-state index in [0.29, 0.717) is 16.1 Å². The molecule has 2 amide bonds. The van der Waals surface area contributed by atoms with Crippen LogP contribution in [0.4, 0.5) is 5.69 Å². The Kier molecular flexibility index (Phi) is 5.60. The summed E-state index contributed by atoms with van der Waals surface area (Å²) < 4.78 is 0. The summed E-state index contributed by atoms with van der Waals surface area (Å²) in [5.74, 6) is -0.183. The van der Waals surface area contributed by atoms with Gasteiger partial charge in [-0.25, -0.2) is 0 Å². The summed E-state index contributed by atoms with van der Waals surface area (Å²) in [7, 11) is 0. The Morgan fingerprint density at radius 2 is 1.72 bits per heavy atom. The van der Waals surface area contributed by atoms with Crippen molar-refractivity contribution in [2.24, 2.45) is 0 Å². The van der Waals surface area contributed by atoms with Crippen molar-refractivity contribution in [3.63, 3.8) is 0 Å². The minimum absolute atomic E-state index is 0.0169. The molecule has 25 heavy (non-hydrogen) atoms. The number of thiophene rings is 1. The number of rotatable bonds is 6. The maximum atomic E-state index is 12.3. The van der Waals surface area contributed by atoms with Crippen LogP contribution in [-0.2, 0) is 4.79 Å². The summed E-state index contributed by atoms with van der Waals surface area (Å²) >= 11 is 1.38. The van der Waals surface area contributed by atoms with Gasteiger partial charge in [-0.05, 0) is 48.6 Å². The number of hydrogen-bond donors (Lipinski definition) is 1. The third-order valence-electron chi connectivity index (χ3n) is 4.18. The van der Waals surface area contributed by atoms with E-state index in [1.807, 2.05) is 16.3 Å². The van der Waals surface area contributed by atoms with Crippen LogP contribution in [0, 0.1) is 0 Å². The maximum absolute atomic E-state index is 12.3. The second kappa shape index (κ2) is 8.07. The Labute approximate surface area is 150 Å². The van der Waals surface area contributed by atoms with Gasteiger partial charge in [-0.3, -0.25) is 14.4 Å². The Morgan fingerprint density at radius 3 is 2.36 bits per heavy atom. The number of amides is 2. The normalized spacial score (nSPS) is 13.7. The standard InChI is InChI=1S/C19H20N2O3S/c22-16(17-4-3-13-25-17)9-10-18(23)20-15-7-5-14(6-8-15)19(24)21-11-1-2-12-21/h3-8,13H,1-2,9-12H2,(H,20,23). The lowest BCUT2D eigenvalue weighted by Gasteiger charge is -2.15. The highest BCUT2D eigenvalue weighted by atomic mass is 32.1. The molecule has 1 aromatic heterocycles. The van der Waals surface area contributed by atoms with Crippen LogP contribution in [0.2, 0.25) is 0 Å². The molecule has 0 radical (unpaired) electrons. The van der Waals surface area contributed by atoms with Crippen molar-refractivity contribution in [1.29, 1.82) is 0 Å². The van der Waals surface area contributed by atoms with Gasteiger partial charge in [0.1, 0.15) is 0 Å². The van der Waals surface area contributed by atoms with E-state index in [2.05, 4.69) is 5.32 Å². The molecule has 1 aliphatic rings. The second-order valence-electron chi connectivity index (χ2n) is 6.03. The molecule has 5 nitrogen and oxygen atoms in total. The number of hydrogen-bond acceptors (Lipinski definition) is 4. The van der Waals surface area contributed by atoms with Crippen LogP contribution in [0.5, 0.6) is 0 Å². The molecule has 130 valence electrons. The number of nitrogens with zero attached hydrogens (tertiary/aromatic N) is 1. The third-order valence-corrected chi connectivity index (χ3v) is 5.09. The summed E-state index contributed by atoms with van der Waals surface area (Å²) in [4.78, 5) is 38.7. The predicted molar refractivity (Wildman–Crippen MR) is 98.1 cm³/mol. The van der Waals surface area contributed by atoms with Gasteiger partial charge in [0, 0.05) is 37.2 Å². The van der Waals surface area contributed by atoms with Crippen molar-refractivity contribution in [1.82, 2.24) is 4.90 Å². The average Bonchev–Trinajstić information content (AvgIpc) is 3.33. The quantitative estimate of drug-likeness (QED) is 0.805. The molecule has 3 rings (SSSR count). The van der Waals surface area contributed by atoms with Crippen LogP contribution in [0.1, 0.15) is 45.7 Å². The van der Waals surface area contributed by atoms with Gasteiger partial charge in [0.15, 0.2) is 5.78 Å². The number of nitrogens with one attached hydrogen (secondary N) is 1. The van der Waals surface area contributed by atoms with Crippen molar-refractivity contribution in [2.45, 2.75) is 25.7 Å². The fourth-order valence-corrected chi connectivity index (χ4v) is 3.50. The molecule has 1 fully saturated rings. The lowest BCUT2D eigenvalue weighted by atomic mass is 10.1. The second-order valence-corrected chi connectivity index (χ2v) is 6.97. The van der Waals surface area contributed by atoms with E-state index in [1.54, 1.807) is 30.3 Å². The maximum Gasteiger partial charge on any atom is 0.253 e. The van der Waals surface area contributed by atoms with Crippen LogP contribution in [0.25, 0.3) is 0 Å². The predicted octanol–water partition coefficient (Wildman–Crippen LogP) is 3.59. The SMILES string of the molecule is O=C(CCC(=O)c1cccs1)Nc1ccc(C(=O)N2CCCC2)cc1. The smallest absolute Gasteiger partial charge is 0.253 e. The fraction of sp³-hybridized carbons (Fsp3) is 0.316. The molecule has 0 aliphatic carbocycles. The molecule has 1 aliphatic heterocycles. The molecular formula is C19H20N2O3S. The molecule has 0 unspecified atom stereocenters. The average molecular weight is 356 g/mol. The highest BCUT2D eigenvalue weighted by molar-refractivity contribution is 7.12. The van der Waals surface area contributed by atoms with E-state index >= 15 is 0 Å². The van der Waals surface area contributed by atoms with Crippen LogP contribution in [-0.4, -0.2) is 35.6 Å². The third kappa shape index (κ3) is 4.54. The zero-order valence-electron chi connectivity index (χ0n) is 13.9. The minimum Gasteiger partial charge on any atom is -0.339 e. The molecule has 2 heterocycles. The highest BCUT2D eigenvalue weighted by Gasteiger charge is 2.19. The molecule has 1 N–H and O–H groups in total. The Bertz CT molecular complexity index is 747. The van der Waals surface area contributed by atoms with Crippen molar-refractivity contribution in [3.05, 3.63) is 52.2 Å². The molecule has 2 aromatic rings. The molecule has 0 spiro atoms. The number of carbonyl (C=O) groups is 3. The van der Waals surface area contributed by atoms with Gasteiger partial charge in [-0.15, -0.1) is 11.3 Å². The minimum atomic E-state index is -0.205. The first-order valence-electron chi connectivity index (χ1n) is 8.39. The summed E-state index contributed by atoms with van der Waals surface area (Å²) in [6.45, 7) is 1.63. The van der Waals surface area contributed by atoms with Crippen LogP contribution in [0.15, 0.2) is 41.8 Å². The van der Waals surface area contributed by atoms with E-state index in [-0.39, 0.29) is 30.4 Å². The number of likely N-dealkylation sites (tertiary alicyclic amines) is 1. The first-order valence-corrected chi connectivity index (χ1v) is 9.27. The molecule has 1 saturated heterocycles. The van der Waals surface area contributed by atoms with Crippen LogP contribution < -0.4 is 5.32 Å². The van der Waals surface area contributed by atoms with Crippen molar-refractivity contribution >= 4 is 34.6 Å². The Hall–Kier alpha value is -2.47. The molecule has 1 aromatic carbocycles. The molecule has 0 saturated carbocycles. The van der Waals surface area contributed by atoms with Crippen molar-refractivity contribution in [3.8, 4) is 0 Å². The van der Waals surface area contributed by atoms with Crippen molar-refractivity contribution < 1.29 is 14.4 Å². The zero-order chi connectivity index (χ0) is 17.6. The summed E-state index contributed by atoms with van der Waals surface area (Å²) in [6.07, 6.45) is 2.46. The summed E-state index contributed by atoms with van der Waals surface area (Å²) in [5, 5.41) is 4.61. The van der Waals surface area contributed by atoms with E-state index in [4.69, 9.17) is 0 Å². The van der Waals surface area contributed by atoms with E-state index < -0.39 is 0 Å². The topological polar surface area (TPSA) is 66.5 Å². The van der Waals surface area contributed by atoms with Crippen LogP contribution >= 0.6 is 11.3 Å². The summed E-state index contributed by atoms with van der Waals surface area (Å²) in [5.41, 5.74) is 1.26. The van der Waals surface area contributed by atoms with Gasteiger partial charge in [0.05, 0.1) is 4.88 Å². The van der Waals surface area contributed by atoms with Gasteiger partial charge >= 0.3 is 0 Å². The number of benzene rings is 1. The van der Waals surface area contributed by atoms with Gasteiger partial charge in [0.2, 0.25) is 5.91 Å².